The van der Waals surface area contributed by atoms with E-state index in [1.54, 1.807) is 0 Å². The largest absolute Gasteiger partial charge is 0.376 e. The number of aryl methyl sites for hydroxylation is 5. The van der Waals surface area contributed by atoms with Gasteiger partial charge in [-0.25, -0.2) is 0 Å². The lowest BCUT2D eigenvalue weighted by atomic mass is 9.97. The van der Waals surface area contributed by atoms with Crippen LogP contribution in [0.15, 0.2) is 12.1 Å². The van der Waals surface area contributed by atoms with Crippen molar-refractivity contribution < 1.29 is 0 Å². The predicted octanol–water partition coefficient (Wildman–Crippen LogP) is 4.72. The zero-order valence-corrected chi connectivity index (χ0v) is 16.5. The number of rotatable bonds is 5. The predicted molar refractivity (Wildman–Crippen MR) is 104 cm³/mol. The zero-order valence-electron chi connectivity index (χ0n) is 16.5. The Morgan fingerprint density at radius 1 is 1.00 bits per heavy atom. The molecule has 1 aromatic heterocycles. The van der Waals surface area contributed by atoms with Gasteiger partial charge in [-0.05, 0) is 49.8 Å². The standard InChI is InChI=1S/C20H32N4/c1-13-9-14(2)17(15(3)10-13)11-21-18-16(4)23-24(8)19(18)22-12-20(5,6)7/h9-10,21-22H,11-12H2,1-8H3. The molecule has 0 amide bonds. The van der Waals surface area contributed by atoms with Crippen LogP contribution in [-0.4, -0.2) is 16.3 Å². The van der Waals surface area contributed by atoms with Gasteiger partial charge in [0.15, 0.2) is 0 Å². The molecule has 4 heteroatoms. The van der Waals surface area contributed by atoms with Crippen molar-refractivity contribution >= 4 is 11.5 Å². The van der Waals surface area contributed by atoms with E-state index in [4.69, 9.17) is 0 Å². The molecule has 2 N–H and O–H groups in total. The minimum atomic E-state index is 0.222. The Kier molecular flexibility index (Phi) is 5.26. The monoisotopic (exact) mass is 328 g/mol. The molecule has 0 aliphatic heterocycles. The van der Waals surface area contributed by atoms with Crippen molar-refractivity contribution in [2.75, 3.05) is 17.2 Å². The second-order valence-electron chi connectivity index (χ2n) is 8.08. The average molecular weight is 329 g/mol. The lowest BCUT2D eigenvalue weighted by Crippen LogP contribution is -2.21. The van der Waals surface area contributed by atoms with Crippen molar-refractivity contribution in [3.05, 3.63) is 40.1 Å². The van der Waals surface area contributed by atoms with Crippen LogP contribution in [0.4, 0.5) is 11.5 Å². The number of aromatic nitrogens is 2. The Morgan fingerprint density at radius 2 is 1.58 bits per heavy atom. The maximum absolute atomic E-state index is 4.57. The van der Waals surface area contributed by atoms with Gasteiger partial charge in [-0.3, -0.25) is 4.68 Å². The molecule has 0 saturated carbocycles. The zero-order chi connectivity index (χ0) is 18.1. The molecule has 0 bridgehead atoms. The first-order valence-electron chi connectivity index (χ1n) is 8.66. The summed E-state index contributed by atoms with van der Waals surface area (Å²) in [6.07, 6.45) is 0. The lowest BCUT2D eigenvalue weighted by molar-refractivity contribution is 0.441. The van der Waals surface area contributed by atoms with E-state index < -0.39 is 0 Å². The summed E-state index contributed by atoms with van der Waals surface area (Å²) in [5.74, 6) is 1.06. The van der Waals surface area contributed by atoms with Crippen LogP contribution >= 0.6 is 0 Å². The SMILES string of the molecule is Cc1cc(C)c(CNc2c(C)nn(C)c2NCC(C)(C)C)c(C)c1. The van der Waals surface area contributed by atoms with E-state index in [2.05, 4.69) is 76.3 Å². The van der Waals surface area contributed by atoms with E-state index in [1.165, 1.54) is 22.3 Å². The summed E-state index contributed by atoms with van der Waals surface area (Å²) in [7, 11) is 1.99. The van der Waals surface area contributed by atoms with Gasteiger partial charge in [-0.1, -0.05) is 38.5 Å². The third-order valence-corrected chi connectivity index (χ3v) is 4.29. The number of benzene rings is 1. The Labute approximate surface area is 146 Å². The molecule has 2 rings (SSSR count). The maximum Gasteiger partial charge on any atom is 0.148 e. The van der Waals surface area contributed by atoms with Gasteiger partial charge in [-0.15, -0.1) is 0 Å². The summed E-state index contributed by atoms with van der Waals surface area (Å²) in [5, 5.41) is 11.7. The summed E-state index contributed by atoms with van der Waals surface area (Å²) >= 11 is 0. The fraction of sp³-hybridized carbons (Fsp3) is 0.550. The maximum atomic E-state index is 4.57. The van der Waals surface area contributed by atoms with E-state index in [0.29, 0.717) is 0 Å². The van der Waals surface area contributed by atoms with Gasteiger partial charge in [0.2, 0.25) is 0 Å². The van der Waals surface area contributed by atoms with Crippen molar-refractivity contribution in [1.29, 1.82) is 0 Å². The average Bonchev–Trinajstić information content (AvgIpc) is 2.68. The molecule has 0 saturated heterocycles. The van der Waals surface area contributed by atoms with Gasteiger partial charge in [0.1, 0.15) is 11.5 Å². The molecular weight excluding hydrogens is 296 g/mol. The molecule has 0 spiro atoms. The Bertz CT molecular complexity index is 697. The molecule has 4 nitrogen and oxygen atoms in total. The molecule has 132 valence electrons. The first kappa shape index (κ1) is 18.4. The van der Waals surface area contributed by atoms with Gasteiger partial charge in [0, 0.05) is 20.1 Å². The van der Waals surface area contributed by atoms with Gasteiger partial charge in [-0.2, -0.15) is 5.10 Å². The van der Waals surface area contributed by atoms with E-state index >= 15 is 0 Å². The number of hydrogen-bond donors (Lipinski definition) is 2. The topological polar surface area (TPSA) is 41.9 Å². The number of hydrogen-bond acceptors (Lipinski definition) is 3. The van der Waals surface area contributed by atoms with Crippen LogP contribution in [0, 0.1) is 33.1 Å². The third-order valence-electron chi connectivity index (χ3n) is 4.29. The molecule has 0 aliphatic rings. The highest BCUT2D eigenvalue weighted by Crippen LogP contribution is 2.28. The van der Waals surface area contributed by atoms with Crippen molar-refractivity contribution in [2.45, 2.75) is 55.0 Å². The van der Waals surface area contributed by atoms with E-state index in [-0.39, 0.29) is 5.41 Å². The number of nitrogens with zero attached hydrogens (tertiary/aromatic N) is 2. The minimum absolute atomic E-state index is 0.222. The van der Waals surface area contributed by atoms with Gasteiger partial charge < -0.3 is 10.6 Å². The van der Waals surface area contributed by atoms with Gasteiger partial charge in [0.25, 0.3) is 0 Å². The van der Waals surface area contributed by atoms with E-state index in [1.807, 2.05) is 11.7 Å². The molecule has 0 unspecified atom stereocenters. The van der Waals surface area contributed by atoms with Crippen LogP contribution < -0.4 is 10.6 Å². The Morgan fingerprint density at radius 3 is 2.12 bits per heavy atom. The van der Waals surface area contributed by atoms with Gasteiger partial charge >= 0.3 is 0 Å². The molecule has 0 fully saturated rings. The highest BCUT2D eigenvalue weighted by atomic mass is 15.3. The molecule has 1 aromatic carbocycles. The van der Waals surface area contributed by atoms with E-state index in [0.717, 1.165) is 30.3 Å². The molecule has 0 atom stereocenters. The number of nitrogens with one attached hydrogen (secondary N) is 2. The molecular formula is C20H32N4. The van der Waals surface area contributed by atoms with Crippen molar-refractivity contribution in [3.63, 3.8) is 0 Å². The van der Waals surface area contributed by atoms with E-state index in [9.17, 15) is 0 Å². The first-order chi connectivity index (χ1) is 11.1. The van der Waals surface area contributed by atoms with Crippen LogP contribution in [0.25, 0.3) is 0 Å². The normalized spacial score (nSPS) is 11.7. The van der Waals surface area contributed by atoms with Crippen LogP contribution in [0.5, 0.6) is 0 Å². The fourth-order valence-electron chi connectivity index (χ4n) is 3.09. The molecule has 1 heterocycles. The van der Waals surface area contributed by atoms with Crippen LogP contribution in [0.3, 0.4) is 0 Å². The smallest absolute Gasteiger partial charge is 0.148 e. The molecule has 24 heavy (non-hydrogen) atoms. The first-order valence-corrected chi connectivity index (χ1v) is 8.66. The van der Waals surface area contributed by atoms with Crippen molar-refractivity contribution in [2.24, 2.45) is 12.5 Å². The van der Waals surface area contributed by atoms with Crippen molar-refractivity contribution in [3.8, 4) is 0 Å². The lowest BCUT2D eigenvalue weighted by Gasteiger charge is -2.21. The third kappa shape index (κ3) is 4.31. The summed E-state index contributed by atoms with van der Waals surface area (Å²) in [6, 6.07) is 4.50. The highest BCUT2D eigenvalue weighted by molar-refractivity contribution is 5.68. The second kappa shape index (κ2) is 6.88. The molecule has 0 radical (unpaired) electrons. The quantitative estimate of drug-likeness (QED) is 0.834. The summed E-state index contributed by atoms with van der Waals surface area (Å²) in [4.78, 5) is 0. The Balaban J connectivity index is 2.21. The van der Waals surface area contributed by atoms with Crippen LogP contribution in [-0.2, 0) is 13.6 Å². The molecule has 2 aromatic rings. The highest BCUT2D eigenvalue weighted by Gasteiger charge is 2.17. The van der Waals surface area contributed by atoms with Crippen molar-refractivity contribution in [1.82, 2.24) is 9.78 Å². The second-order valence-corrected chi connectivity index (χ2v) is 8.08. The molecule has 0 aliphatic carbocycles. The summed E-state index contributed by atoms with van der Waals surface area (Å²) in [5.41, 5.74) is 7.71. The number of anilines is 2. The minimum Gasteiger partial charge on any atom is -0.376 e. The Hall–Kier alpha value is -1.97. The van der Waals surface area contributed by atoms with Crippen LogP contribution in [0.2, 0.25) is 0 Å². The summed E-state index contributed by atoms with van der Waals surface area (Å²) in [6.45, 7) is 17.0. The van der Waals surface area contributed by atoms with Crippen LogP contribution in [0.1, 0.15) is 48.7 Å². The van der Waals surface area contributed by atoms with Gasteiger partial charge in [0.05, 0.1) is 5.69 Å². The fourth-order valence-corrected chi connectivity index (χ4v) is 3.09. The summed E-state index contributed by atoms with van der Waals surface area (Å²) < 4.78 is 1.93.